The summed E-state index contributed by atoms with van der Waals surface area (Å²) in [6.45, 7) is 9.19. The van der Waals surface area contributed by atoms with E-state index in [1.165, 1.54) is 6.04 Å². The van der Waals surface area contributed by atoms with Gasteiger partial charge in [0.1, 0.15) is 0 Å². The Kier molecular flexibility index (Phi) is 8.28. The van der Waals surface area contributed by atoms with E-state index in [4.69, 9.17) is 0 Å². The first-order chi connectivity index (χ1) is 5.63. The summed E-state index contributed by atoms with van der Waals surface area (Å²) in [5.74, 6) is 0.955. The van der Waals surface area contributed by atoms with E-state index in [0.29, 0.717) is 9.52 Å². The summed E-state index contributed by atoms with van der Waals surface area (Å²) >= 11 is 0. The third-order valence-electron chi connectivity index (χ3n) is 2.01. The smallest absolute Gasteiger partial charge is 0.0916 e. The van der Waals surface area contributed by atoms with Gasteiger partial charge in [0, 0.05) is 9.52 Å². The van der Waals surface area contributed by atoms with Gasteiger partial charge in [-0.3, -0.25) is 0 Å². The molecule has 0 unspecified atom stereocenters. The van der Waals surface area contributed by atoms with Crippen LogP contribution >= 0.6 is 0 Å². The number of rotatable bonds is 7. The molecule has 0 aromatic carbocycles. The molecule has 0 aromatic heterocycles. The van der Waals surface area contributed by atoms with Gasteiger partial charge < -0.3 is 4.98 Å². The molecule has 0 amide bonds. The van der Waals surface area contributed by atoms with E-state index < -0.39 is 0 Å². The zero-order chi connectivity index (χ0) is 9.40. The molecule has 0 aliphatic heterocycles. The van der Waals surface area contributed by atoms with Gasteiger partial charge in [-0.25, -0.2) is 0 Å². The Hall–Kier alpha value is 0.394. The lowest BCUT2D eigenvalue weighted by Gasteiger charge is -2.07. The molecule has 0 bridgehead atoms. The van der Waals surface area contributed by atoms with Crippen molar-refractivity contribution >= 4 is 19.2 Å². The van der Waals surface area contributed by atoms with Crippen LogP contribution in [0.1, 0.15) is 27.7 Å². The summed E-state index contributed by atoms with van der Waals surface area (Å²) < 4.78 is 0. The predicted molar refractivity (Wildman–Crippen MR) is 64.6 cm³/mol. The van der Waals surface area contributed by atoms with Crippen molar-refractivity contribution in [3.8, 4) is 0 Å². The fourth-order valence-electron chi connectivity index (χ4n) is 1.25. The standard InChI is InChI=1S/C9H25NSi2/c1-8(2)7-11-5-6-12-10-9(3)4/h8-10H,5-7,11-12H2,1-4H3. The monoisotopic (exact) mass is 203 g/mol. The molecular formula is C9H25NSi2. The molecule has 0 rings (SSSR count). The normalized spacial score (nSPS) is 13.5. The third-order valence-corrected chi connectivity index (χ3v) is 7.53. The fourth-order valence-corrected chi connectivity index (χ4v) is 5.55. The molecule has 0 aliphatic rings. The van der Waals surface area contributed by atoms with Gasteiger partial charge in [-0.2, -0.15) is 0 Å². The van der Waals surface area contributed by atoms with Crippen LogP contribution in [0.2, 0.25) is 18.1 Å². The molecule has 0 heterocycles. The van der Waals surface area contributed by atoms with Gasteiger partial charge in [0.05, 0.1) is 9.68 Å². The topological polar surface area (TPSA) is 12.0 Å². The molecule has 0 atom stereocenters. The molecule has 1 nitrogen and oxygen atoms in total. The Labute approximate surface area is 82.4 Å². The van der Waals surface area contributed by atoms with Crippen molar-refractivity contribution in [3.05, 3.63) is 0 Å². The number of hydrogen-bond donors (Lipinski definition) is 1. The van der Waals surface area contributed by atoms with Crippen LogP contribution in [0.4, 0.5) is 0 Å². The molecule has 1 N–H and O–H groups in total. The van der Waals surface area contributed by atoms with E-state index in [0.717, 1.165) is 12.0 Å². The highest BCUT2D eigenvalue weighted by Crippen LogP contribution is 2.01. The van der Waals surface area contributed by atoms with Crippen LogP contribution in [-0.4, -0.2) is 25.2 Å². The van der Waals surface area contributed by atoms with Gasteiger partial charge in [-0.05, 0) is 6.04 Å². The zero-order valence-electron chi connectivity index (χ0n) is 9.19. The van der Waals surface area contributed by atoms with Crippen molar-refractivity contribution in [1.82, 2.24) is 4.98 Å². The first-order valence-corrected chi connectivity index (χ1v) is 9.07. The van der Waals surface area contributed by atoms with E-state index in [-0.39, 0.29) is 9.68 Å². The summed E-state index contributed by atoms with van der Waals surface area (Å²) in [6.07, 6.45) is 0. The fraction of sp³-hybridized carbons (Fsp3) is 1.00. The van der Waals surface area contributed by atoms with Crippen molar-refractivity contribution in [3.63, 3.8) is 0 Å². The first kappa shape index (κ1) is 12.4. The maximum absolute atomic E-state index is 3.59. The highest BCUT2D eigenvalue weighted by molar-refractivity contribution is 6.40. The Morgan fingerprint density at radius 1 is 1.08 bits per heavy atom. The summed E-state index contributed by atoms with van der Waals surface area (Å²) in [5.41, 5.74) is 0. The minimum Gasteiger partial charge on any atom is -0.340 e. The largest absolute Gasteiger partial charge is 0.340 e. The Bertz CT molecular complexity index is 82.5. The molecule has 74 valence electrons. The van der Waals surface area contributed by atoms with Gasteiger partial charge in [0.15, 0.2) is 0 Å². The van der Waals surface area contributed by atoms with Crippen LogP contribution in [0, 0.1) is 5.92 Å². The Morgan fingerprint density at radius 3 is 2.25 bits per heavy atom. The lowest BCUT2D eigenvalue weighted by Crippen LogP contribution is -2.26. The molecule has 0 saturated carbocycles. The molecule has 0 radical (unpaired) electrons. The molecule has 12 heavy (non-hydrogen) atoms. The lowest BCUT2D eigenvalue weighted by atomic mass is 10.3. The molecule has 0 saturated heterocycles. The quantitative estimate of drug-likeness (QED) is 0.483. The van der Waals surface area contributed by atoms with Gasteiger partial charge in [-0.15, -0.1) is 0 Å². The maximum atomic E-state index is 3.59. The van der Waals surface area contributed by atoms with Crippen LogP contribution in [0.25, 0.3) is 0 Å². The SMILES string of the molecule is CC(C)C[SiH2]CC[SiH2]NC(C)C. The molecule has 0 aliphatic carbocycles. The third kappa shape index (κ3) is 10.4. The average Bonchev–Trinajstić information content (AvgIpc) is 1.95. The van der Waals surface area contributed by atoms with Crippen molar-refractivity contribution < 1.29 is 0 Å². The van der Waals surface area contributed by atoms with Gasteiger partial charge in [0.25, 0.3) is 0 Å². The van der Waals surface area contributed by atoms with Crippen molar-refractivity contribution in [2.24, 2.45) is 5.92 Å². The second-order valence-corrected chi connectivity index (χ2v) is 7.96. The number of nitrogens with one attached hydrogen (secondary N) is 1. The van der Waals surface area contributed by atoms with Crippen LogP contribution in [0.15, 0.2) is 0 Å². The lowest BCUT2D eigenvalue weighted by molar-refractivity contribution is 0.729. The minimum absolute atomic E-state index is 0.104. The van der Waals surface area contributed by atoms with Gasteiger partial charge in [0.2, 0.25) is 0 Å². The van der Waals surface area contributed by atoms with E-state index in [9.17, 15) is 0 Å². The van der Waals surface area contributed by atoms with Crippen molar-refractivity contribution in [2.75, 3.05) is 0 Å². The van der Waals surface area contributed by atoms with Crippen molar-refractivity contribution in [1.29, 1.82) is 0 Å². The van der Waals surface area contributed by atoms with Crippen LogP contribution in [-0.2, 0) is 0 Å². The highest BCUT2D eigenvalue weighted by Gasteiger charge is 1.96. The van der Waals surface area contributed by atoms with Crippen LogP contribution in [0.5, 0.6) is 0 Å². The van der Waals surface area contributed by atoms with Gasteiger partial charge in [-0.1, -0.05) is 51.7 Å². The second kappa shape index (κ2) is 8.01. The molecule has 0 aromatic rings. The Morgan fingerprint density at radius 2 is 1.75 bits per heavy atom. The highest BCUT2D eigenvalue weighted by atomic mass is 28.2. The summed E-state index contributed by atoms with van der Waals surface area (Å²) in [5, 5.41) is 0. The maximum Gasteiger partial charge on any atom is 0.0916 e. The zero-order valence-corrected chi connectivity index (χ0v) is 12.0. The van der Waals surface area contributed by atoms with E-state index >= 15 is 0 Å². The second-order valence-electron chi connectivity index (χ2n) is 4.35. The van der Waals surface area contributed by atoms with E-state index in [1.54, 1.807) is 12.1 Å². The predicted octanol–water partition coefficient (Wildman–Crippen LogP) is 1.15. The Balaban J connectivity index is 2.91. The van der Waals surface area contributed by atoms with E-state index in [1.807, 2.05) is 0 Å². The van der Waals surface area contributed by atoms with Crippen molar-refractivity contribution in [2.45, 2.75) is 51.9 Å². The summed E-state index contributed by atoms with van der Waals surface area (Å²) in [6, 6.07) is 5.40. The number of hydrogen-bond acceptors (Lipinski definition) is 1. The van der Waals surface area contributed by atoms with E-state index in [2.05, 4.69) is 32.7 Å². The van der Waals surface area contributed by atoms with Gasteiger partial charge >= 0.3 is 0 Å². The molecular weight excluding hydrogens is 178 g/mol. The first-order valence-electron chi connectivity index (χ1n) is 5.36. The average molecular weight is 203 g/mol. The van der Waals surface area contributed by atoms with Crippen LogP contribution in [0.3, 0.4) is 0 Å². The summed E-state index contributed by atoms with van der Waals surface area (Å²) in [4.78, 5) is 3.59. The van der Waals surface area contributed by atoms with Crippen LogP contribution < -0.4 is 4.98 Å². The molecule has 3 heteroatoms. The molecule has 0 fully saturated rings. The minimum atomic E-state index is 0.104. The summed E-state index contributed by atoms with van der Waals surface area (Å²) in [7, 11) is 0.417. The molecule has 0 spiro atoms.